The van der Waals surface area contributed by atoms with Crippen molar-refractivity contribution in [2.24, 2.45) is 0 Å². The van der Waals surface area contributed by atoms with Gasteiger partial charge in [-0.25, -0.2) is 0 Å². The molecule has 0 saturated carbocycles. The van der Waals surface area contributed by atoms with Crippen molar-refractivity contribution in [1.82, 2.24) is 5.32 Å². The highest BCUT2D eigenvalue weighted by atomic mass is 16.5. The first-order chi connectivity index (χ1) is 11.5. The van der Waals surface area contributed by atoms with E-state index in [0.29, 0.717) is 30.1 Å². The molecule has 0 aliphatic carbocycles. The van der Waals surface area contributed by atoms with Crippen LogP contribution >= 0.6 is 0 Å². The average molecular weight is 331 g/mol. The molecule has 1 aliphatic heterocycles. The molecule has 0 atom stereocenters. The maximum absolute atomic E-state index is 12.1. The predicted octanol–water partition coefficient (Wildman–Crippen LogP) is 1.45. The van der Waals surface area contributed by atoms with Gasteiger partial charge in [0.15, 0.2) is 0 Å². The Morgan fingerprint density at radius 3 is 2.83 bits per heavy atom. The number of ether oxygens (including phenoxy) is 1. The third-order valence-electron chi connectivity index (χ3n) is 3.69. The molecule has 1 aromatic carbocycles. The van der Waals surface area contributed by atoms with Crippen LogP contribution in [0.15, 0.2) is 30.9 Å². The van der Waals surface area contributed by atoms with Crippen LogP contribution in [0.3, 0.4) is 0 Å². The Labute approximate surface area is 140 Å². The number of nitrogens with zero attached hydrogens (tertiary/aromatic N) is 1. The Bertz CT molecular complexity index is 657. The van der Waals surface area contributed by atoms with Crippen molar-refractivity contribution in [3.8, 4) is 5.75 Å². The van der Waals surface area contributed by atoms with Gasteiger partial charge in [0.25, 0.3) is 0 Å². The van der Waals surface area contributed by atoms with Crippen LogP contribution in [0, 0.1) is 0 Å². The van der Waals surface area contributed by atoms with Crippen molar-refractivity contribution in [1.29, 1.82) is 0 Å². The lowest BCUT2D eigenvalue weighted by Gasteiger charge is -2.28. The highest BCUT2D eigenvalue weighted by Gasteiger charge is 2.23. The predicted molar refractivity (Wildman–Crippen MR) is 91.0 cm³/mol. The molecular formula is C17H21N3O4. The number of nitrogens with one attached hydrogen (secondary N) is 2. The molecule has 0 aromatic heterocycles. The summed E-state index contributed by atoms with van der Waals surface area (Å²) in [5.41, 5.74) is 1.16. The molecule has 0 spiro atoms. The molecule has 1 aromatic rings. The molecule has 128 valence electrons. The molecule has 2 rings (SSSR count). The van der Waals surface area contributed by atoms with Gasteiger partial charge in [-0.05, 0) is 37.1 Å². The molecular weight excluding hydrogens is 310 g/mol. The van der Waals surface area contributed by atoms with Gasteiger partial charge in [-0.2, -0.15) is 0 Å². The maximum atomic E-state index is 12.1. The fourth-order valence-electron chi connectivity index (χ4n) is 2.48. The van der Waals surface area contributed by atoms with E-state index in [1.807, 2.05) is 0 Å². The minimum Gasteiger partial charge on any atom is -0.495 e. The molecule has 24 heavy (non-hydrogen) atoms. The maximum Gasteiger partial charge on any atom is 0.243 e. The summed E-state index contributed by atoms with van der Waals surface area (Å²) >= 11 is 0. The van der Waals surface area contributed by atoms with Gasteiger partial charge < -0.3 is 20.3 Å². The van der Waals surface area contributed by atoms with Crippen LogP contribution < -0.4 is 20.3 Å². The lowest BCUT2D eigenvalue weighted by atomic mass is 10.1. The van der Waals surface area contributed by atoms with Crippen LogP contribution in [0.25, 0.3) is 0 Å². The monoisotopic (exact) mass is 331 g/mol. The molecule has 1 fully saturated rings. The summed E-state index contributed by atoms with van der Waals surface area (Å²) in [7, 11) is 1.54. The van der Waals surface area contributed by atoms with Crippen LogP contribution in [0.4, 0.5) is 11.4 Å². The molecule has 0 unspecified atom stereocenters. The standard InChI is InChI=1S/C17H21N3O4/c1-3-15(21)18-11-16(22)19-12-7-8-14(24-2)13(10-12)20-9-5-4-6-17(20)23/h3,7-8,10H,1,4-6,9,11H2,2H3,(H,18,21)(H,19,22). The molecule has 7 heteroatoms. The number of rotatable bonds is 6. The highest BCUT2D eigenvalue weighted by Crippen LogP contribution is 2.33. The van der Waals surface area contributed by atoms with Crippen LogP contribution in [0.1, 0.15) is 19.3 Å². The summed E-state index contributed by atoms with van der Waals surface area (Å²) in [5.74, 6) is -0.171. The van der Waals surface area contributed by atoms with Crippen molar-refractivity contribution < 1.29 is 19.1 Å². The Kier molecular flexibility index (Phi) is 5.95. The summed E-state index contributed by atoms with van der Waals surface area (Å²) < 4.78 is 5.33. The van der Waals surface area contributed by atoms with Gasteiger partial charge in [0.05, 0.1) is 19.3 Å². The molecule has 3 amide bonds. The molecule has 7 nitrogen and oxygen atoms in total. The summed E-state index contributed by atoms with van der Waals surface area (Å²) in [6.45, 7) is 3.79. The van der Waals surface area contributed by atoms with Crippen LogP contribution in [0.5, 0.6) is 5.75 Å². The molecule has 1 heterocycles. The summed E-state index contributed by atoms with van der Waals surface area (Å²) in [4.78, 5) is 36.8. The van der Waals surface area contributed by atoms with E-state index in [1.54, 1.807) is 23.1 Å². The fourth-order valence-corrected chi connectivity index (χ4v) is 2.48. The Morgan fingerprint density at radius 2 is 2.17 bits per heavy atom. The molecule has 1 aliphatic rings. The van der Waals surface area contributed by atoms with Gasteiger partial charge in [-0.1, -0.05) is 6.58 Å². The Hall–Kier alpha value is -2.83. The molecule has 1 saturated heterocycles. The van der Waals surface area contributed by atoms with Gasteiger partial charge in [-0.15, -0.1) is 0 Å². The summed E-state index contributed by atoms with van der Waals surface area (Å²) in [6.07, 6.45) is 3.42. The van der Waals surface area contributed by atoms with Crippen LogP contribution in [0.2, 0.25) is 0 Å². The van der Waals surface area contributed by atoms with Crippen molar-refractivity contribution in [3.63, 3.8) is 0 Å². The van der Waals surface area contributed by atoms with Gasteiger partial charge in [0.1, 0.15) is 5.75 Å². The Balaban J connectivity index is 2.13. The normalized spacial score (nSPS) is 14.0. The zero-order valence-electron chi connectivity index (χ0n) is 13.6. The second kappa shape index (κ2) is 8.14. The van der Waals surface area contributed by atoms with E-state index >= 15 is 0 Å². The smallest absolute Gasteiger partial charge is 0.243 e. The van der Waals surface area contributed by atoms with Crippen molar-refractivity contribution in [2.45, 2.75) is 19.3 Å². The Morgan fingerprint density at radius 1 is 1.38 bits per heavy atom. The van der Waals surface area contributed by atoms with E-state index < -0.39 is 5.91 Å². The van der Waals surface area contributed by atoms with E-state index in [9.17, 15) is 14.4 Å². The second-order valence-electron chi connectivity index (χ2n) is 5.36. The van der Waals surface area contributed by atoms with E-state index in [-0.39, 0.29) is 18.4 Å². The zero-order valence-corrected chi connectivity index (χ0v) is 13.6. The second-order valence-corrected chi connectivity index (χ2v) is 5.36. The van der Waals surface area contributed by atoms with Gasteiger partial charge in [-0.3, -0.25) is 14.4 Å². The molecule has 0 radical (unpaired) electrons. The topological polar surface area (TPSA) is 87.7 Å². The van der Waals surface area contributed by atoms with E-state index in [2.05, 4.69) is 17.2 Å². The van der Waals surface area contributed by atoms with Gasteiger partial charge in [0, 0.05) is 18.7 Å². The third kappa shape index (κ3) is 4.34. The number of hydrogen-bond acceptors (Lipinski definition) is 4. The minimum atomic E-state index is -0.417. The first kappa shape index (κ1) is 17.5. The van der Waals surface area contributed by atoms with Gasteiger partial charge >= 0.3 is 0 Å². The first-order valence-electron chi connectivity index (χ1n) is 7.73. The van der Waals surface area contributed by atoms with Crippen LogP contribution in [-0.4, -0.2) is 37.9 Å². The van der Waals surface area contributed by atoms with Gasteiger partial charge in [0.2, 0.25) is 17.7 Å². The largest absolute Gasteiger partial charge is 0.495 e. The van der Waals surface area contributed by atoms with Crippen molar-refractivity contribution in [2.75, 3.05) is 30.4 Å². The molecule has 2 N–H and O–H groups in total. The fraction of sp³-hybridized carbons (Fsp3) is 0.353. The number of amides is 3. The highest BCUT2D eigenvalue weighted by molar-refractivity contribution is 5.99. The number of carbonyl (C=O) groups excluding carboxylic acids is 3. The molecule has 0 bridgehead atoms. The van der Waals surface area contributed by atoms with Crippen molar-refractivity contribution >= 4 is 29.1 Å². The van der Waals surface area contributed by atoms with Crippen molar-refractivity contribution in [3.05, 3.63) is 30.9 Å². The number of piperidine rings is 1. The number of anilines is 2. The minimum absolute atomic E-state index is 0.0428. The summed E-state index contributed by atoms with van der Waals surface area (Å²) in [6, 6.07) is 5.09. The first-order valence-corrected chi connectivity index (χ1v) is 7.73. The SMILES string of the molecule is C=CC(=O)NCC(=O)Nc1ccc(OC)c(N2CCCCC2=O)c1. The number of carbonyl (C=O) groups is 3. The quantitative estimate of drug-likeness (QED) is 0.773. The number of benzene rings is 1. The zero-order chi connectivity index (χ0) is 17.5. The summed E-state index contributed by atoms with van der Waals surface area (Å²) in [5, 5.41) is 5.09. The van der Waals surface area contributed by atoms with E-state index in [4.69, 9.17) is 4.74 Å². The number of hydrogen-bond donors (Lipinski definition) is 2. The lowest BCUT2D eigenvalue weighted by Crippen LogP contribution is -2.35. The van der Waals surface area contributed by atoms with Crippen LogP contribution in [-0.2, 0) is 14.4 Å². The third-order valence-corrected chi connectivity index (χ3v) is 3.69. The average Bonchev–Trinajstić information content (AvgIpc) is 2.60. The van der Waals surface area contributed by atoms with E-state index in [1.165, 1.54) is 7.11 Å². The lowest BCUT2D eigenvalue weighted by molar-refractivity contribution is -0.121. The number of methoxy groups -OCH3 is 1. The van der Waals surface area contributed by atoms with E-state index in [0.717, 1.165) is 18.9 Å².